The normalized spacial score (nSPS) is 16.7. The quantitative estimate of drug-likeness (QED) is 0.815. The summed E-state index contributed by atoms with van der Waals surface area (Å²) in [7, 11) is 4.76. The summed E-state index contributed by atoms with van der Waals surface area (Å²) in [5, 5.41) is 3.26. The number of benzene rings is 2. The molecule has 0 atom stereocenters. The fourth-order valence-corrected chi connectivity index (χ4v) is 3.23. The first-order chi connectivity index (χ1) is 12.6. The lowest BCUT2D eigenvalue weighted by Crippen LogP contribution is -2.19. The Labute approximate surface area is 155 Å². The van der Waals surface area contributed by atoms with Crippen molar-refractivity contribution in [2.75, 3.05) is 21.3 Å². The van der Waals surface area contributed by atoms with Gasteiger partial charge in [-0.2, -0.15) is 0 Å². The van der Waals surface area contributed by atoms with Crippen molar-refractivity contribution < 1.29 is 19.0 Å². The van der Waals surface area contributed by atoms with Crippen LogP contribution in [-0.4, -0.2) is 32.4 Å². The average molecular weight is 370 g/mol. The molecule has 1 heterocycles. The van der Waals surface area contributed by atoms with Crippen LogP contribution in [0.2, 0.25) is 0 Å². The Morgan fingerprint density at radius 2 is 1.77 bits per heavy atom. The van der Waals surface area contributed by atoms with E-state index in [1.54, 1.807) is 39.5 Å². The summed E-state index contributed by atoms with van der Waals surface area (Å²) >= 11 is 1.26. The predicted molar refractivity (Wildman–Crippen MR) is 103 cm³/mol. The van der Waals surface area contributed by atoms with Crippen LogP contribution in [0.1, 0.15) is 5.56 Å². The number of hydrogen-bond donors (Lipinski definition) is 1. The van der Waals surface area contributed by atoms with Gasteiger partial charge in [0.1, 0.15) is 22.9 Å². The molecule has 2 aromatic rings. The second-order valence-electron chi connectivity index (χ2n) is 5.26. The molecule has 134 valence electrons. The number of thioether (sulfide) groups is 1. The van der Waals surface area contributed by atoms with Gasteiger partial charge in [0, 0.05) is 5.56 Å². The molecule has 0 radical (unpaired) electrons. The van der Waals surface area contributed by atoms with Crippen LogP contribution >= 0.6 is 11.8 Å². The van der Waals surface area contributed by atoms with Gasteiger partial charge in [-0.15, -0.1) is 0 Å². The highest BCUT2D eigenvalue weighted by Gasteiger charge is 2.24. The number of carbonyl (C=O) groups is 1. The summed E-state index contributed by atoms with van der Waals surface area (Å²) in [5.41, 5.74) is 1.40. The number of carbonyl (C=O) groups excluding carboxylic acids is 1. The number of amides is 1. The Morgan fingerprint density at radius 1 is 1.00 bits per heavy atom. The number of nitrogens with one attached hydrogen (secondary N) is 1. The molecular formula is C19H18N2O4S. The summed E-state index contributed by atoms with van der Waals surface area (Å²) in [6.07, 6.45) is 1.76. The van der Waals surface area contributed by atoms with Crippen molar-refractivity contribution in [1.82, 2.24) is 5.32 Å². The lowest BCUT2D eigenvalue weighted by Gasteiger charge is -2.07. The Bertz CT molecular complexity index is 893. The van der Waals surface area contributed by atoms with Crippen molar-refractivity contribution in [3.63, 3.8) is 0 Å². The number of methoxy groups -OCH3 is 3. The van der Waals surface area contributed by atoms with Gasteiger partial charge < -0.3 is 19.5 Å². The number of amidine groups is 1. The topological polar surface area (TPSA) is 69.2 Å². The van der Waals surface area contributed by atoms with Gasteiger partial charge in [-0.05, 0) is 48.2 Å². The maximum absolute atomic E-state index is 12.3. The number of nitrogens with zero attached hydrogens (tertiary/aromatic N) is 1. The molecule has 0 saturated carbocycles. The molecule has 1 fully saturated rings. The van der Waals surface area contributed by atoms with E-state index in [4.69, 9.17) is 14.2 Å². The van der Waals surface area contributed by atoms with Crippen LogP contribution in [0.3, 0.4) is 0 Å². The standard InChI is InChI=1S/C19H18N2O4S/c1-23-13-8-9-15(24-2)12(10-13)11-17-18(22)21-19(26-17)20-14-6-4-5-7-16(14)25-3/h4-11H,1-3H3,(H,20,21,22). The Kier molecular flexibility index (Phi) is 5.48. The van der Waals surface area contributed by atoms with Crippen LogP contribution < -0.4 is 19.5 Å². The molecule has 0 spiro atoms. The van der Waals surface area contributed by atoms with Gasteiger partial charge in [0.25, 0.3) is 5.91 Å². The van der Waals surface area contributed by atoms with E-state index in [-0.39, 0.29) is 5.91 Å². The van der Waals surface area contributed by atoms with E-state index < -0.39 is 0 Å². The van der Waals surface area contributed by atoms with Crippen molar-refractivity contribution in [3.05, 3.63) is 52.9 Å². The van der Waals surface area contributed by atoms with E-state index in [2.05, 4.69) is 10.3 Å². The Morgan fingerprint density at radius 3 is 2.50 bits per heavy atom. The second kappa shape index (κ2) is 7.97. The van der Waals surface area contributed by atoms with Crippen LogP contribution in [0.4, 0.5) is 5.69 Å². The van der Waals surface area contributed by atoms with Gasteiger partial charge in [-0.3, -0.25) is 4.79 Å². The average Bonchev–Trinajstić information content (AvgIpc) is 3.01. The SMILES string of the molecule is COc1ccc(OC)c(C=C2SC(=Nc3ccccc3OC)NC2=O)c1. The number of rotatable bonds is 5. The second-order valence-corrected chi connectivity index (χ2v) is 6.29. The van der Waals surface area contributed by atoms with E-state index in [1.807, 2.05) is 30.3 Å². The molecule has 6 nitrogen and oxygen atoms in total. The molecule has 0 aromatic heterocycles. The molecule has 3 rings (SSSR count). The number of ether oxygens (including phenoxy) is 3. The smallest absolute Gasteiger partial charge is 0.264 e. The molecule has 1 N–H and O–H groups in total. The van der Waals surface area contributed by atoms with E-state index in [1.165, 1.54) is 11.8 Å². The third-order valence-electron chi connectivity index (χ3n) is 3.68. The predicted octanol–water partition coefficient (Wildman–Crippen LogP) is 3.60. The highest BCUT2D eigenvalue weighted by molar-refractivity contribution is 8.18. The van der Waals surface area contributed by atoms with Crippen LogP contribution in [0, 0.1) is 0 Å². The molecule has 26 heavy (non-hydrogen) atoms. The van der Waals surface area contributed by atoms with Gasteiger partial charge >= 0.3 is 0 Å². The first-order valence-corrected chi connectivity index (χ1v) is 8.61. The highest BCUT2D eigenvalue weighted by Crippen LogP contribution is 2.34. The molecule has 0 unspecified atom stereocenters. The van der Waals surface area contributed by atoms with Gasteiger partial charge in [0.15, 0.2) is 5.17 Å². The van der Waals surface area contributed by atoms with Crippen LogP contribution in [0.25, 0.3) is 6.08 Å². The van der Waals surface area contributed by atoms with Crippen molar-refractivity contribution in [2.45, 2.75) is 0 Å². The van der Waals surface area contributed by atoms with Crippen molar-refractivity contribution in [2.24, 2.45) is 4.99 Å². The van der Waals surface area contributed by atoms with Crippen LogP contribution in [0.15, 0.2) is 52.4 Å². The molecular weight excluding hydrogens is 352 g/mol. The maximum atomic E-state index is 12.3. The number of hydrogen-bond acceptors (Lipinski definition) is 6. The zero-order valence-corrected chi connectivity index (χ0v) is 15.4. The highest BCUT2D eigenvalue weighted by atomic mass is 32.2. The zero-order valence-electron chi connectivity index (χ0n) is 14.6. The van der Waals surface area contributed by atoms with Crippen LogP contribution in [-0.2, 0) is 4.79 Å². The van der Waals surface area contributed by atoms with Crippen molar-refractivity contribution in [3.8, 4) is 17.2 Å². The number of para-hydroxylation sites is 2. The third-order valence-corrected chi connectivity index (χ3v) is 4.59. The van der Waals surface area contributed by atoms with E-state index in [0.29, 0.717) is 33.0 Å². The summed E-state index contributed by atoms with van der Waals surface area (Å²) in [4.78, 5) is 17.3. The Hall–Kier alpha value is -2.93. The molecule has 1 aliphatic rings. The molecule has 1 amide bonds. The molecule has 7 heteroatoms. The minimum absolute atomic E-state index is 0.214. The minimum Gasteiger partial charge on any atom is -0.497 e. The van der Waals surface area contributed by atoms with Crippen LogP contribution in [0.5, 0.6) is 17.2 Å². The molecule has 0 bridgehead atoms. The first-order valence-electron chi connectivity index (χ1n) is 7.79. The van der Waals surface area contributed by atoms with E-state index in [0.717, 1.165) is 5.56 Å². The third kappa shape index (κ3) is 3.83. The lowest BCUT2D eigenvalue weighted by molar-refractivity contribution is -0.115. The zero-order chi connectivity index (χ0) is 18.5. The molecule has 1 saturated heterocycles. The fraction of sp³-hybridized carbons (Fsp3) is 0.158. The first kappa shape index (κ1) is 17.9. The fourth-order valence-electron chi connectivity index (χ4n) is 2.41. The summed E-state index contributed by atoms with van der Waals surface area (Å²) in [6.45, 7) is 0. The van der Waals surface area contributed by atoms with Gasteiger partial charge in [0.05, 0.1) is 26.2 Å². The van der Waals surface area contributed by atoms with Gasteiger partial charge in [-0.1, -0.05) is 12.1 Å². The largest absolute Gasteiger partial charge is 0.497 e. The van der Waals surface area contributed by atoms with Crippen molar-refractivity contribution in [1.29, 1.82) is 0 Å². The maximum Gasteiger partial charge on any atom is 0.264 e. The lowest BCUT2D eigenvalue weighted by atomic mass is 10.1. The van der Waals surface area contributed by atoms with E-state index >= 15 is 0 Å². The molecule has 1 aliphatic heterocycles. The summed E-state index contributed by atoms with van der Waals surface area (Å²) in [5.74, 6) is 1.76. The molecule has 2 aromatic carbocycles. The van der Waals surface area contributed by atoms with Gasteiger partial charge in [-0.25, -0.2) is 4.99 Å². The minimum atomic E-state index is -0.214. The monoisotopic (exact) mass is 370 g/mol. The van der Waals surface area contributed by atoms with E-state index in [9.17, 15) is 4.79 Å². The number of aliphatic imine (C=N–C) groups is 1. The van der Waals surface area contributed by atoms with Crippen molar-refractivity contribution >= 4 is 34.6 Å². The molecule has 0 aliphatic carbocycles. The van der Waals surface area contributed by atoms with Gasteiger partial charge in [0.2, 0.25) is 0 Å². The Balaban J connectivity index is 1.91. The summed E-state index contributed by atoms with van der Waals surface area (Å²) in [6, 6.07) is 12.8. The summed E-state index contributed by atoms with van der Waals surface area (Å²) < 4.78 is 15.9.